The molecule has 0 bridgehead atoms. The molecular formula is C12H21NO2. The van der Waals surface area contributed by atoms with Crippen molar-refractivity contribution in [2.75, 3.05) is 13.7 Å². The Balaban J connectivity index is 2.89. The SMILES string of the molecule is COCC(C)(O)C1(C#N)CCCC(C)C1. The molecule has 1 rings (SSSR count). The summed E-state index contributed by atoms with van der Waals surface area (Å²) in [6, 6.07) is 2.34. The fraction of sp³-hybridized carbons (Fsp3) is 0.917. The van der Waals surface area contributed by atoms with Crippen molar-refractivity contribution in [3.63, 3.8) is 0 Å². The third-order valence-corrected chi connectivity index (χ3v) is 3.67. The van der Waals surface area contributed by atoms with Gasteiger partial charge in [-0.3, -0.25) is 0 Å². The Morgan fingerprint density at radius 3 is 2.80 bits per heavy atom. The molecule has 0 aliphatic heterocycles. The molecule has 86 valence electrons. The van der Waals surface area contributed by atoms with Crippen molar-refractivity contribution in [3.05, 3.63) is 0 Å². The van der Waals surface area contributed by atoms with Gasteiger partial charge in [-0.05, 0) is 25.7 Å². The molecule has 0 saturated heterocycles. The van der Waals surface area contributed by atoms with Crippen LogP contribution in [0.4, 0.5) is 0 Å². The van der Waals surface area contributed by atoms with Crippen LogP contribution in [-0.2, 0) is 4.74 Å². The van der Waals surface area contributed by atoms with E-state index < -0.39 is 11.0 Å². The Bertz CT molecular complexity index is 257. The van der Waals surface area contributed by atoms with Crippen LogP contribution in [0.1, 0.15) is 39.5 Å². The zero-order chi connectivity index (χ0) is 11.5. The third kappa shape index (κ3) is 2.32. The predicted molar refractivity (Wildman–Crippen MR) is 58.2 cm³/mol. The Hall–Kier alpha value is -0.590. The molecule has 0 aromatic carbocycles. The zero-order valence-electron chi connectivity index (χ0n) is 9.92. The van der Waals surface area contributed by atoms with E-state index in [-0.39, 0.29) is 6.61 Å². The number of ether oxygens (including phenoxy) is 1. The second-order valence-corrected chi connectivity index (χ2v) is 5.10. The number of hydrogen-bond acceptors (Lipinski definition) is 3. The lowest BCUT2D eigenvalue weighted by atomic mass is 9.62. The number of hydrogen-bond donors (Lipinski definition) is 1. The molecule has 0 amide bonds. The van der Waals surface area contributed by atoms with Crippen LogP contribution in [-0.4, -0.2) is 24.4 Å². The van der Waals surface area contributed by atoms with Gasteiger partial charge in [0.25, 0.3) is 0 Å². The van der Waals surface area contributed by atoms with Crippen LogP contribution in [0.2, 0.25) is 0 Å². The van der Waals surface area contributed by atoms with E-state index >= 15 is 0 Å². The summed E-state index contributed by atoms with van der Waals surface area (Å²) in [5.74, 6) is 0.515. The fourth-order valence-corrected chi connectivity index (χ4v) is 2.68. The van der Waals surface area contributed by atoms with Gasteiger partial charge in [-0.1, -0.05) is 19.8 Å². The average Bonchev–Trinajstić information content (AvgIpc) is 2.17. The van der Waals surface area contributed by atoms with E-state index in [0.717, 1.165) is 25.7 Å². The maximum absolute atomic E-state index is 10.4. The van der Waals surface area contributed by atoms with E-state index in [4.69, 9.17) is 4.74 Å². The molecule has 0 radical (unpaired) electrons. The standard InChI is InChI=1S/C12H21NO2/c1-10-5-4-6-12(7-10,8-13)11(2,14)9-15-3/h10,14H,4-7,9H2,1-3H3. The minimum atomic E-state index is -1.04. The molecule has 3 nitrogen and oxygen atoms in total. The van der Waals surface area contributed by atoms with Crippen LogP contribution in [0.3, 0.4) is 0 Å². The lowest BCUT2D eigenvalue weighted by molar-refractivity contribution is -0.107. The topological polar surface area (TPSA) is 53.2 Å². The van der Waals surface area contributed by atoms with Crippen molar-refractivity contribution in [1.82, 2.24) is 0 Å². The Kier molecular flexibility index (Phi) is 3.75. The van der Waals surface area contributed by atoms with Gasteiger partial charge in [-0.15, -0.1) is 0 Å². The van der Waals surface area contributed by atoms with Gasteiger partial charge in [0.2, 0.25) is 0 Å². The van der Waals surface area contributed by atoms with E-state index in [1.54, 1.807) is 14.0 Å². The summed E-state index contributed by atoms with van der Waals surface area (Å²) >= 11 is 0. The first-order valence-corrected chi connectivity index (χ1v) is 5.60. The largest absolute Gasteiger partial charge is 0.386 e. The molecule has 1 aliphatic rings. The molecule has 3 atom stereocenters. The number of aliphatic hydroxyl groups is 1. The van der Waals surface area contributed by atoms with E-state index in [0.29, 0.717) is 5.92 Å². The average molecular weight is 211 g/mol. The third-order valence-electron chi connectivity index (χ3n) is 3.67. The minimum absolute atomic E-state index is 0.229. The van der Waals surface area contributed by atoms with Gasteiger partial charge < -0.3 is 9.84 Å². The molecule has 1 N–H and O–H groups in total. The molecule has 1 fully saturated rings. The minimum Gasteiger partial charge on any atom is -0.386 e. The first-order valence-electron chi connectivity index (χ1n) is 5.60. The predicted octanol–water partition coefficient (Wildman–Crippen LogP) is 2.10. The molecule has 3 unspecified atom stereocenters. The highest BCUT2D eigenvalue weighted by atomic mass is 16.5. The van der Waals surface area contributed by atoms with Crippen LogP contribution in [0.25, 0.3) is 0 Å². The molecule has 0 aromatic rings. The van der Waals surface area contributed by atoms with Crippen molar-refractivity contribution >= 4 is 0 Å². The molecule has 1 aliphatic carbocycles. The van der Waals surface area contributed by atoms with E-state index in [9.17, 15) is 10.4 Å². The van der Waals surface area contributed by atoms with Gasteiger partial charge in [-0.2, -0.15) is 5.26 Å². The van der Waals surface area contributed by atoms with Gasteiger partial charge in [-0.25, -0.2) is 0 Å². The van der Waals surface area contributed by atoms with E-state index in [2.05, 4.69) is 13.0 Å². The maximum Gasteiger partial charge on any atom is 0.104 e. The number of nitrogens with zero attached hydrogens (tertiary/aromatic N) is 1. The summed E-state index contributed by atoms with van der Waals surface area (Å²) in [4.78, 5) is 0. The normalized spacial score (nSPS) is 35.5. The highest BCUT2D eigenvalue weighted by Crippen LogP contribution is 2.46. The summed E-state index contributed by atoms with van der Waals surface area (Å²) in [5.41, 5.74) is -1.66. The number of rotatable bonds is 3. The van der Waals surface area contributed by atoms with Crippen molar-refractivity contribution < 1.29 is 9.84 Å². The highest BCUT2D eigenvalue weighted by Gasteiger charge is 2.49. The summed E-state index contributed by atoms with van der Waals surface area (Å²) in [6.45, 7) is 4.10. The first-order chi connectivity index (χ1) is 6.97. The van der Waals surface area contributed by atoms with Gasteiger partial charge in [0.15, 0.2) is 0 Å². The molecule has 0 spiro atoms. The lowest BCUT2D eigenvalue weighted by Crippen LogP contribution is -2.50. The smallest absolute Gasteiger partial charge is 0.104 e. The van der Waals surface area contributed by atoms with Crippen molar-refractivity contribution in [2.24, 2.45) is 11.3 Å². The molecule has 0 heterocycles. The van der Waals surface area contributed by atoms with Gasteiger partial charge >= 0.3 is 0 Å². The monoisotopic (exact) mass is 211 g/mol. The maximum atomic E-state index is 10.4. The summed E-state index contributed by atoms with van der Waals surface area (Å²) in [7, 11) is 1.56. The second-order valence-electron chi connectivity index (χ2n) is 5.10. The number of methoxy groups -OCH3 is 1. The summed E-state index contributed by atoms with van der Waals surface area (Å²) in [5, 5.41) is 19.7. The molecule has 15 heavy (non-hydrogen) atoms. The Morgan fingerprint density at radius 1 is 1.67 bits per heavy atom. The van der Waals surface area contributed by atoms with Gasteiger partial charge in [0.1, 0.15) is 5.60 Å². The fourth-order valence-electron chi connectivity index (χ4n) is 2.68. The quantitative estimate of drug-likeness (QED) is 0.777. The Morgan fingerprint density at radius 2 is 2.33 bits per heavy atom. The van der Waals surface area contributed by atoms with Crippen LogP contribution in [0.15, 0.2) is 0 Å². The van der Waals surface area contributed by atoms with Gasteiger partial charge in [0, 0.05) is 7.11 Å². The Labute approximate surface area is 92.0 Å². The van der Waals surface area contributed by atoms with Crippen LogP contribution in [0.5, 0.6) is 0 Å². The van der Waals surface area contributed by atoms with Crippen molar-refractivity contribution in [3.8, 4) is 6.07 Å². The molecular weight excluding hydrogens is 190 g/mol. The van der Waals surface area contributed by atoms with E-state index in [1.165, 1.54) is 0 Å². The summed E-state index contributed by atoms with van der Waals surface area (Å²) < 4.78 is 5.02. The van der Waals surface area contributed by atoms with Crippen LogP contribution < -0.4 is 0 Å². The van der Waals surface area contributed by atoms with Crippen LogP contribution in [0, 0.1) is 22.7 Å². The molecule has 1 saturated carbocycles. The second kappa shape index (κ2) is 4.51. The van der Waals surface area contributed by atoms with Crippen LogP contribution >= 0.6 is 0 Å². The summed E-state index contributed by atoms with van der Waals surface area (Å²) in [6.07, 6.45) is 3.74. The van der Waals surface area contributed by atoms with Crippen molar-refractivity contribution in [1.29, 1.82) is 5.26 Å². The number of nitriles is 1. The zero-order valence-corrected chi connectivity index (χ0v) is 9.92. The van der Waals surface area contributed by atoms with E-state index in [1.807, 2.05) is 0 Å². The van der Waals surface area contributed by atoms with Gasteiger partial charge in [0.05, 0.1) is 18.1 Å². The highest BCUT2D eigenvalue weighted by molar-refractivity contribution is 5.11. The first kappa shape index (κ1) is 12.5. The molecule has 0 aromatic heterocycles. The molecule has 3 heteroatoms. The van der Waals surface area contributed by atoms with Crippen molar-refractivity contribution in [2.45, 2.75) is 45.1 Å². The lowest BCUT2D eigenvalue weighted by Gasteiger charge is -2.44.